The van der Waals surface area contributed by atoms with Gasteiger partial charge in [0.1, 0.15) is 23.9 Å². The topological polar surface area (TPSA) is 366 Å². The third-order valence-corrected chi connectivity index (χ3v) is 14.4. The van der Waals surface area contributed by atoms with E-state index in [9.17, 15) is 75.3 Å². The smallest absolute Gasteiger partial charge is 0.311 e. The second kappa shape index (κ2) is 33.7. The molecule has 0 aliphatic carbocycles. The average molecular weight is 1130 g/mol. The molecule has 14 N–H and O–H groups in total. The molecular weight excluding hydrogens is 1040 g/mol. The van der Waals surface area contributed by atoms with Crippen LogP contribution in [0.4, 0.5) is 5.69 Å². The number of nitrogens with two attached hydrogens (primary N) is 1. The Morgan fingerprint density at radius 1 is 0.725 bits per heavy atom. The molecule has 2 bridgehead atoms. The van der Waals surface area contributed by atoms with E-state index >= 15 is 0 Å². The van der Waals surface area contributed by atoms with E-state index in [0.29, 0.717) is 12.0 Å². The monoisotopic (exact) mass is 1130 g/mol. The number of anilines is 1. The lowest BCUT2D eigenvalue weighted by Crippen LogP contribution is -2.61. The highest BCUT2D eigenvalue weighted by molar-refractivity contribution is 5.96. The number of ether oxygens (including phenoxy) is 4. The van der Waals surface area contributed by atoms with Crippen molar-refractivity contribution in [2.24, 2.45) is 23.5 Å². The maximum absolute atomic E-state index is 13.3. The predicted octanol–water partition coefficient (Wildman–Crippen LogP) is 2.75. The van der Waals surface area contributed by atoms with E-state index in [-0.39, 0.29) is 36.9 Å². The number of nitrogens with one attached hydrogen (secondary N) is 1. The number of carbonyl (C=O) groups excluding carboxylic acids is 3. The number of carboxylic acids is 1. The summed E-state index contributed by atoms with van der Waals surface area (Å²) in [6.07, 6.45) is 1.86. The number of hydrogen-bond acceptors (Lipinski definition) is 20. The van der Waals surface area contributed by atoms with Crippen LogP contribution in [0, 0.1) is 17.8 Å². The summed E-state index contributed by atoms with van der Waals surface area (Å²) in [5.74, 6) is -7.75. The Labute approximate surface area is 468 Å². The molecule has 19 atom stereocenters. The van der Waals surface area contributed by atoms with Crippen molar-refractivity contribution in [1.29, 1.82) is 0 Å². The number of carbonyl (C=O) groups is 4. The van der Waals surface area contributed by atoms with Crippen LogP contribution in [-0.4, -0.2) is 184 Å². The van der Waals surface area contributed by atoms with Crippen molar-refractivity contribution in [3.63, 3.8) is 0 Å². The number of rotatable bonds is 11. The highest BCUT2D eigenvalue weighted by atomic mass is 16.7. The number of aliphatic hydroxyl groups excluding tert-OH is 9. The number of cyclic esters (lactones) is 1. The minimum atomic E-state index is -2.34. The van der Waals surface area contributed by atoms with Gasteiger partial charge in [-0.15, -0.1) is 0 Å². The molecule has 3 heterocycles. The van der Waals surface area contributed by atoms with Crippen LogP contribution in [-0.2, 0) is 33.3 Å². The van der Waals surface area contributed by atoms with Gasteiger partial charge in [-0.3, -0.25) is 19.2 Å². The molecule has 1 aromatic rings. The van der Waals surface area contributed by atoms with Gasteiger partial charge in [0.15, 0.2) is 17.9 Å². The summed E-state index contributed by atoms with van der Waals surface area (Å²) < 4.78 is 23.7. The largest absolute Gasteiger partial charge is 0.481 e. The van der Waals surface area contributed by atoms with E-state index in [1.54, 1.807) is 104 Å². The van der Waals surface area contributed by atoms with Crippen molar-refractivity contribution < 1.29 is 94.3 Å². The van der Waals surface area contributed by atoms with Gasteiger partial charge in [-0.2, -0.15) is 0 Å². The fourth-order valence-electron chi connectivity index (χ4n) is 10.1. The maximum atomic E-state index is 13.3. The number of ketones is 2. The first-order chi connectivity index (χ1) is 37.9. The zero-order valence-electron chi connectivity index (χ0n) is 46.0. The highest BCUT2D eigenvalue weighted by Crippen LogP contribution is 2.38. The van der Waals surface area contributed by atoms with Crippen molar-refractivity contribution in [1.82, 2.24) is 0 Å². The quantitative estimate of drug-likeness (QED) is 0.112. The molecule has 80 heavy (non-hydrogen) atoms. The fourth-order valence-corrected chi connectivity index (χ4v) is 10.1. The molecule has 2 saturated heterocycles. The predicted molar refractivity (Wildman–Crippen MR) is 295 cm³/mol. The summed E-state index contributed by atoms with van der Waals surface area (Å²) in [7, 11) is 1.77. The van der Waals surface area contributed by atoms with Gasteiger partial charge in [-0.05, 0) is 69.2 Å². The molecule has 446 valence electrons. The van der Waals surface area contributed by atoms with Crippen LogP contribution < -0.4 is 11.1 Å². The van der Waals surface area contributed by atoms with Gasteiger partial charge in [0.2, 0.25) is 0 Å². The number of benzene rings is 1. The van der Waals surface area contributed by atoms with Crippen LogP contribution >= 0.6 is 0 Å². The van der Waals surface area contributed by atoms with Gasteiger partial charge in [0.05, 0.1) is 79.6 Å². The summed E-state index contributed by atoms with van der Waals surface area (Å²) in [6, 6.07) is 5.74. The van der Waals surface area contributed by atoms with Gasteiger partial charge in [0.25, 0.3) is 0 Å². The van der Waals surface area contributed by atoms with E-state index < -0.39 is 172 Å². The van der Waals surface area contributed by atoms with E-state index in [1.807, 2.05) is 19.9 Å². The molecule has 2 fully saturated rings. The molecule has 0 amide bonds. The molecule has 3 aliphatic heterocycles. The Balaban J connectivity index is 1.54. The van der Waals surface area contributed by atoms with Crippen molar-refractivity contribution in [3.05, 3.63) is 115 Å². The molecule has 3 aliphatic rings. The van der Waals surface area contributed by atoms with Crippen molar-refractivity contribution in [3.8, 4) is 0 Å². The molecule has 0 saturated carbocycles. The number of carboxylic acid groups (broad SMARTS) is 1. The minimum absolute atomic E-state index is 0.106. The Morgan fingerprint density at radius 2 is 1.27 bits per heavy atom. The number of esters is 1. The normalized spacial score (nSPS) is 38.0. The standard InChI is InChI=1S/C59H86N2O19/c1-35-17-15-13-11-9-7-5-6-8-10-12-14-16-18-47(78-58-55(73)53(60)54(72)37(3)77-58)32-50-52(57(74)75)49(70)34-59(76,80-50)33-46(68)29-44(66)27-42(64)25-41(63)26-43(65)28-45(67)31-51(71)79-56(35)36(2)19-24-40(62)30-48(69)38-20-22-39(61-4)23-21-38/h5-18,20-23,35-37,40-42,44-47,49-50,52-56,58,61-64,66-68,70,72-73,76H,19,24-34,60H2,1-4H3,(H,74,75)/b6-5+,9-7+,10-8+,13-11+,14-12+,17-15+,18-16+/t35?,36?,37-,40?,41?,42?,44?,45?,46?,47?,49?,50?,52?,53+,54-,55+,56?,58+,59?/m0/s1. The first-order valence-corrected chi connectivity index (χ1v) is 27.4. The van der Waals surface area contributed by atoms with Crippen LogP contribution in [0.1, 0.15) is 108 Å². The van der Waals surface area contributed by atoms with Gasteiger partial charge in [-0.25, -0.2) is 0 Å². The molecule has 21 nitrogen and oxygen atoms in total. The van der Waals surface area contributed by atoms with Gasteiger partial charge < -0.3 is 86.2 Å². The van der Waals surface area contributed by atoms with Gasteiger partial charge in [-0.1, -0.05) is 98.9 Å². The second-order valence-electron chi connectivity index (χ2n) is 21.4. The lowest BCUT2D eigenvalue weighted by Gasteiger charge is -2.45. The van der Waals surface area contributed by atoms with E-state index in [1.165, 1.54) is 13.0 Å². The van der Waals surface area contributed by atoms with Crippen LogP contribution in [0.25, 0.3) is 0 Å². The van der Waals surface area contributed by atoms with Crippen LogP contribution in [0.3, 0.4) is 0 Å². The molecule has 1 aromatic carbocycles. The van der Waals surface area contributed by atoms with Crippen LogP contribution in [0.2, 0.25) is 0 Å². The zero-order chi connectivity index (χ0) is 59.1. The number of fused-ring (bicyclic) bond motifs is 2. The van der Waals surface area contributed by atoms with Crippen molar-refractivity contribution >= 4 is 29.2 Å². The molecule has 4 rings (SSSR count). The van der Waals surface area contributed by atoms with Crippen LogP contribution in [0.5, 0.6) is 0 Å². The molecule has 0 radical (unpaired) electrons. The molecule has 14 unspecified atom stereocenters. The third kappa shape index (κ3) is 23.0. The Hall–Kier alpha value is -5.08. The maximum Gasteiger partial charge on any atom is 0.311 e. The third-order valence-electron chi connectivity index (χ3n) is 14.4. The number of Topliss-reactive ketones (excluding diaryl/α,β-unsaturated/α-hetero) is 2. The first kappa shape index (κ1) is 67.4. The average Bonchev–Trinajstić information content (AvgIpc) is 3.48. The molecule has 21 heteroatoms. The minimum Gasteiger partial charge on any atom is -0.481 e. The number of aliphatic carboxylic acids is 1. The van der Waals surface area contributed by atoms with E-state index in [0.717, 1.165) is 5.69 Å². The lowest BCUT2D eigenvalue weighted by molar-refractivity contribution is -0.308. The lowest BCUT2D eigenvalue weighted by atomic mass is 9.82. The summed E-state index contributed by atoms with van der Waals surface area (Å²) >= 11 is 0. The van der Waals surface area contributed by atoms with Crippen molar-refractivity contribution in [2.45, 2.75) is 195 Å². The molecule has 0 spiro atoms. The van der Waals surface area contributed by atoms with Crippen LogP contribution in [0.15, 0.2) is 109 Å². The Morgan fingerprint density at radius 3 is 1.86 bits per heavy atom. The van der Waals surface area contributed by atoms with E-state index in [2.05, 4.69) is 5.32 Å². The van der Waals surface area contributed by atoms with E-state index in [4.69, 9.17) is 24.7 Å². The highest BCUT2D eigenvalue weighted by Gasteiger charge is 2.51. The number of allylic oxidation sites excluding steroid dienone is 12. The Kier molecular flexibility index (Phi) is 28.4. The van der Waals surface area contributed by atoms with Crippen molar-refractivity contribution in [2.75, 3.05) is 12.4 Å². The molecule has 0 aromatic heterocycles. The SMILES string of the molecule is CNc1ccc(C(=O)CC(O)CCC(C)C2OC(=O)CC(O)CC(=O)CC(O)CC(O)CC(O)CC(O)CC3(O)CC(O)C(C(=O)O)C(CC(O[C@H]4O[C@@H](C)[C@H](O)[C@@H](N)[C@H]4O)/C=C/C=C/C=C/C=C/C=C/C=C/C=C/C2C)O3)cc1. The molecular formula is C59H86N2O19. The number of aliphatic hydroxyl groups is 10. The summed E-state index contributed by atoms with van der Waals surface area (Å²) in [4.78, 5) is 51.7. The van der Waals surface area contributed by atoms with Gasteiger partial charge in [0, 0.05) is 62.7 Å². The second-order valence-corrected chi connectivity index (χ2v) is 21.4. The first-order valence-electron chi connectivity index (χ1n) is 27.4. The fraction of sp³-hybridized carbons (Fsp3) is 0.593. The zero-order valence-corrected chi connectivity index (χ0v) is 46.0. The summed E-state index contributed by atoms with van der Waals surface area (Å²) in [5, 5.41) is 122. The summed E-state index contributed by atoms with van der Waals surface area (Å²) in [6.45, 7) is 5.22. The Bertz CT molecular complexity index is 2300. The van der Waals surface area contributed by atoms with Gasteiger partial charge >= 0.3 is 11.9 Å². The number of hydrogen-bond donors (Lipinski definition) is 13. The summed E-state index contributed by atoms with van der Waals surface area (Å²) in [5.41, 5.74) is 7.35.